The van der Waals surface area contributed by atoms with Crippen molar-refractivity contribution in [1.29, 1.82) is 0 Å². The van der Waals surface area contributed by atoms with Crippen molar-refractivity contribution in [2.24, 2.45) is 0 Å². The highest BCUT2D eigenvalue weighted by molar-refractivity contribution is 7.90. The molecule has 42 heavy (non-hydrogen) atoms. The molecule has 3 aromatic carbocycles. The number of hydrogen-bond acceptors (Lipinski definition) is 4. The van der Waals surface area contributed by atoms with Gasteiger partial charge in [0, 0.05) is 29.1 Å². The third kappa shape index (κ3) is 4.55. The molecule has 0 unspecified atom stereocenters. The number of fused-ring (bicyclic) bond motifs is 6. The fraction of sp³-hybridized carbons (Fsp3) is 0.226. The molecule has 0 aliphatic heterocycles. The Morgan fingerprint density at radius 2 is 1.36 bits per heavy atom. The number of nitrogens with zero attached hydrogens (tertiary/aromatic N) is 1. The lowest BCUT2D eigenvalue weighted by Crippen LogP contribution is -2.21. The molecule has 0 atom stereocenters. The van der Waals surface area contributed by atoms with E-state index in [-0.39, 0.29) is 44.1 Å². The summed E-state index contributed by atoms with van der Waals surface area (Å²) >= 11 is 12.1. The number of carbonyl (C=O) groups excluding carboxylic acids is 2. The Morgan fingerprint density at radius 1 is 0.762 bits per heavy atom. The Morgan fingerprint density at radius 3 is 2.05 bits per heavy atom. The van der Waals surface area contributed by atoms with Gasteiger partial charge in [0.05, 0.1) is 26.2 Å². The first-order chi connectivity index (χ1) is 20.0. The molecule has 1 N–H and O–H groups in total. The van der Waals surface area contributed by atoms with Gasteiger partial charge in [0.25, 0.3) is 10.0 Å². The number of hydrogen-bond donors (Lipinski definition) is 1. The fourth-order valence-electron chi connectivity index (χ4n) is 5.82. The second kappa shape index (κ2) is 10.6. The number of ketones is 2. The smallest absolute Gasteiger partial charge is 0.268 e. The molecule has 5 aromatic rings. The van der Waals surface area contributed by atoms with Crippen LogP contribution in [-0.2, 0) is 22.9 Å². The first kappa shape index (κ1) is 28.6. The summed E-state index contributed by atoms with van der Waals surface area (Å²) in [5.74, 6) is -1.25. The van der Waals surface area contributed by atoms with Crippen LogP contribution in [0.15, 0.2) is 53.4 Å². The predicted octanol–water partition coefficient (Wildman–Crippen LogP) is 7.98. The number of rotatable bonds is 2. The fourth-order valence-corrected chi connectivity index (χ4v) is 7.92. The molecule has 0 amide bonds. The number of halogens is 4. The lowest BCUT2D eigenvalue weighted by Gasteiger charge is -2.15. The van der Waals surface area contributed by atoms with E-state index in [9.17, 15) is 26.8 Å². The van der Waals surface area contributed by atoms with Gasteiger partial charge >= 0.3 is 0 Å². The number of benzene rings is 3. The third-order valence-electron chi connectivity index (χ3n) is 7.80. The van der Waals surface area contributed by atoms with E-state index >= 15 is 0 Å². The molecule has 216 valence electrons. The number of aryl methyl sites for hydroxylation is 3. The van der Waals surface area contributed by atoms with Crippen molar-refractivity contribution < 1.29 is 26.8 Å². The normalized spacial score (nSPS) is 15.0. The molecule has 2 heterocycles. The average molecular weight is 630 g/mol. The van der Waals surface area contributed by atoms with Crippen LogP contribution in [0.25, 0.3) is 21.8 Å². The summed E-state index contributed by atoms with van der Waals surface area (Å²) in [6.45, 7) is 1.86. The maximum Gasteiger partial charge on any atom is 0.268 e. The van der Waals surface area contributed by atoms with Crippen LogP contribution in [0.1, 0.15) is 63.4 Å². The Kier molecular flexibility index (Phi) is 7.23. The number of H-pyrrole nitrogens is 1. The van der Waals surface area contributed by atoms with Crippen LogP contribution in [0, 0.1) is 18.6 Å². The summed E-state index contributed by atoms with van der Waals surface area (Å²) in [4.78, 5) is 27.4. The highest BCUT2D eigenvalue weighted by atomic mass is 35.5. The van der Waals surface area contributed by atoms with Crippen molar-refractivity contribution in [3.63, 3.8) is 0 Å². The van der Waals surface area contributed by atoms with E-state index in [1.54, 1.807) is 18.2 Å². The first-order valence-electron chi connectivity index (χ1n) is 13.4. The molecule has 0 saturated carbocycles. The standard InChI is InChI=1S/C19H15ClFNO3S.C12H9ClFNO/c1-11-5-7-12(8-6-11)26(24,25)22-15-10-9-14(21)18(20)17(15)13-3-2-4-16(23)19(13)22;13-11-7(14)4-5-8-10(11)6-2-1-3-9(16)12(6)15-8/h5-10H,2-4H2,1H3;4-5,15H,1-3H2. The lowest BCUT2D eigenvalue weighted by molar-refractivity contribution is 0.0960. The largest absolute Gasteiger partial charge is 0.352 e. The van der Waals surface area contributed by atoms with Gasteiger partial charge in [0.15, 0.2) is 11.6 Å². The number of Topliss-reactive ketones (excluding diaryl/α,β-unsaturated/α-hetero) is 2. The summed E-state index contributed by atoms with van der Waals surface area (Å²) in [5.41, 5.74) is 3.98. The van der Waals surface area contributed by atoms with Gasteiger partial charge in [-0.1, -0.05) is 40.9 Å². The minimum Gasteiger partial charge on any atom is -0.352 e. The van der Waals surface area contributed by atoms with Crippen molar-refractivity contribution >= 4 is 66.6 Å². The molecule has 2 aliphatic rings. The van der Waals surface area contributed by atoms with Gasteiger partial charge in [-0.3, -0.25) is 9.59 Å². The Hall–Kier alpha value is -3.53. The van der Waals surface area contributed by atoms with Crippen LogP contribution in [0.5, 0.6) is 0 Å². The van der Waals surface area contributed by atoms with Crippen molar-refractivity contribution in [3.05, 3.63) is 98.3 Å². The van der Waals surface area contributed by atoms with Crippen LogP contribution in [0.4, 0.5) is 8.78 Å². The Labute approximate surface area is 250 Å². The van der Waals surface area contributed by atoms with Crippen molar-refractivity contribution in [2.45, 2.75) is 50.3 Å². The van der Waals surface area contributed by atoms with Gasteiger partial charge in [-0.2, -0.15) is 0 Å². The van der Waals surface area contributed by atoms with Crippen molar-refractivity contribution in [2.75, 3.05) is 0 Å². The monoisotopic (exact) mass is 628 g/mol. The maximum absolute atomic E-state index is 14.0. The number of carbonyl (C=O) groups is 2. The number of aromatic nitrogens is 2. The van der Waals surface area contributed by atoms with Crippen LogP contribution >= 0.6 is 23.2 Å². The molecule has 0 spiro atoms. The van der Waals surface area contributed by atoms with Crippen LogP contribution in [0.3, 0.4) is 0 Å². The molecule has 0 radical (unpaired) electrons. The molecule has 7 rings (SSSR count). The molecular formula is C31H24Cl2F2N2O4S. The van der Waals surface area contributed by atoms with E-state index in [1.807, 2.05) is 6.92 Å². The second-order valence-electron chi connectivity index (χ2n) is 10.5. The minimum atomic E-state index is -4.03. The summed E-state index contributed by atoms with van der Waals surface area (Å²) in [5, 5.41) is 0.950. The Bertz CT molecular complexity index is 2050. The second-order valence-corrected chi connectivity index (χ2v) is 13.0. The van der Waals surface area contributed by atoms with E-state index in [2.05, 4.69) is 4.98 Å². The highest BCUT2D eigenvalue weighted by Crippen LogP contribution is 2.39. The van der Waals surface area contributed by atoms with E-state index < -0.39 is 21.7 Å². The number of aromatic amines is 1. The molecule has 0 saturated heterocycles. The quantitative estimate of drug-likeness (QED) is 0.215. The summed E-state index contributed by atoms with van der Waals surface area (Å²) in [6, 6.07) is 11.8. The summed E-state index contributed by atoms with van der Waals surface area (Å²) < 4.78 is 55.0. The van der Waals surface area contributed by atoms with Crippen LogP contribution in [0.2, 0.25) is 10.0 Å². The van der Waals surface area contributed by atoms with Gasteiger partial charge in [0.2, 0.25) is 0 Å². The van der Waals surface area contributed by atoms with Gasteiger partial charge in [-0.05, 0) is 80.1 Å². The zero-order valence-corrected chi connectivity index (χ0v) is 24.7. The summed E-state index contributed by atoms with van der Waals surface area (Å²) in [7, 11) is -4.03. The van der Waals surface area contributed by atoms with Gasteiger partial charge in [0.1, 0.15) is 17.3 Å². The van der Waals surface area contributed by atoms with Crippen LogP contribution in [-0.4, -0.2) is 28.9 Å². The Balaban J connectivity index is 0.000000168. The molecule has 11 heteroatoms. The third-order valence-corrected chi connectivity index (χ3v) is 10.3. The molecular weight excluding hydrogens is 605 g/mol. The zero-order chi connectivity index (χ0) is 29.9. The minimum absolute atomic E-state index is 0.0709. The molecule has 0 bridgehead atoms. The van der Waals surface area contributed by atoms with Crippen molar-refractivity contribution in [1.82, 2.24) is 8.96 Å². The molecule has 0 fully saturated rings. The van der Waals surface area contributed by atoms with Gasteiger partial charge in [-0.15, -0.1) is 0 Å². The topological polar surface area (TPSA) is 89.0 Å². The molecule has 2 aliphatic carbocycles. The lowest BCUT2D eigenvalue weighted by atomic mass is 9.95. The summed E-state index contributed by atoms with van der Waals surface area (Å²) in [6.07, 6.45) is 3.47. The SMILES string of the molecule is Cc1ccc(S(=O)(=O)n2c3c(c4c(Cl)c(F)ccc42)CCCC3=O)cc1.O=C1CCCc2c1[nH]c1ccc(F)c(Cl)c21. The van der Waals surface area contributed by atoms with Gasteiger partial charge < -0.3 is 4.98 Å². The predicted molar refractivity (Wildman–Crippen MR) is 158 cm³/mol. The molecule has 2 aromatic heterocycles. The van der Waals surface area contributed by atoms with E-state index in [0.29, 0.717) is 41.3 Å². The van der Waals surface area contributed by atoms with E-state index in [4.69, 9.17) is 23.2 Å². The first-order valence-corrected chi connectivity index (χ1v) is 15.6. The van der Waals surface area contributed by atoms with Crippen LogP contribution < -0.4 is 0 Å². The van der Waals surface area contributed by atoms with E-state index in [1.165, 1.54) is 24.3 Å². The van der Waals surface area contributed by atoms with E-state index in [0.717, 1.165) is 39.5 Å². The zero-order valence-electron chi connectivity index (χ0n) is 22.4. The number of nitrogens with one attached hydrogen (secondary N) is 1. The van der Waals surface area contributed by atoms with Gasteiger partial charge in [-0.25, -0.2) is 21.2 Å². The average Bonchev–Trinajstić information content (AvgIpc) is 3.52. The van der Waals surface area contributed by atoms with Crippen molar-refractivity contribution in [3.8, 4) is 0 Å². The molecule has 6 nitrogen and oxygen atoms in total. The highest BCUT2D eigenvalue weighted by Gasteiger charge is 2.33. The maximum atomic E-state index is 14.0.